The van der Waals surface area contributed by atoms with Crippen molar-refractivity contribution in [1.82, 2.24) is 5.32 Å². The average molecular weight is 380 g/mol. The van der Waals surface area contributed by atoms with Crippen LogP contribution in [0.15, 0.2) is 24.3 Å². The third kappa shape index (κ3) is 11.3. The molecule has 27 heavy (non-hydrogen) atoms. The second kappa shape index (κ2) is 14.9. The van der Waals surface area contributed by atoms with Crippen LogP contribution < -0.4 is 5.32 Å². The largest absolute Gasteiger partial charge is 0.396 e. The number of hydrogen-bond donors (Lipinski definition) is 3. The molecule has 0 aromatic carbocycles. The van der Waals surface area contributed by atoms with E-state index in [0.717, 1.165) is 51.4 Å². The van der Waals surface area contributed by atoms with E-state index in [1.165, 1.54) is 12.8 Å². The van der Waals surface area contributed by atoms with Crippen molar-refractivity contribution < 1.29 is 15.0 Å². The van der Waals surface area contributed by atoms with Crippen LogP contribution in [0.2, 0.25) is 0 Å². The summed E-state index contributed by atoms with van der Waals surface area (Å²) in [4.78, 5) is 11.6. The second-order valence-electron chi connectivity index (χ2n) is 8.15. The number of aliphatic hydroxyl groups is 2. The van der Waals surface area contributed by atoms with Gasteiger partial charge < -0.3 is 15.5 Å². The highest BCUT2D eigenvalue weighted by Gasteiger charge is 2.32. The topological polar surface area (TPSA) is 69.6 Å². The van der Waals surface area contributed by atoms with E-state index in [9.17, 15) is 9.90 Å². The van der Waals surface area contributed by atoms with E-state index in [-0.39, 0.29) is 18.1 Å². The summed E-state index contributed by atoms with van der Waals surface area (Å²) in [6, 6.07) is 0.211. The number of carbonyl (C=O) groups is 1. The number of aliphatic hydroxyl groups excluding tert-OH is 2. The highest BCUT2D eigenvalue weighted by Crippen LogP contribution is 2.36. The molecule has 0 aromatic rings. The van der Waals surface area contributed by atoms with E-state index < -0.39 is 0 Å². The smallest absolute Gasteiger partial charge is 0.220 e. The molecule has 1 aliphatic rings. The van der Waals surface area contributed by atoms with Gasteiger partial charge in [-0.25, -0.2) is 0 Å². The van der Waals surface area contributed by atoms with Gasteiger partial charge in [-0.05, 0) is 77.0 Å². The van der Waals surface area contributed by atoms with E-state index in [2.05, 4.69) is 29.6 Å². The van der Waals surface area contributed by atoms with Gasteiger partial charge >= 0.3 is 0 Å². The lowest BCUT2D eigenvalue weighted by Gasteiger charge is -2.17. The molecule has 3 atom stereocenters. The lowest BCUT2D eigenvalue weighted by Crippen LogP contribution is -2.29. The Balaban J connectivity index is 2.21. The Morgan fingerprint density at radius 3 is 2.52 bits per heavy atom. The fourth-order valence-electron chi connectivity index (χ4n) is 3.79. The Morgan fingerprint density at radius 2 is 1.78 bits per heavy atom. The fraction of sp³-hybridized carbons (Fsp3) is 0.783. The molecule has 4 nitrogen and oxygen atoms in total. The van der Waals surface area contributed by atoms with Gasteiger partial charge in [0, 0.05) is 19.1 Å². The summed E-state index contributed by atoms with van der Waals surface area (Å²) in [5.41, 5.74) is 0. The summed E-state index contributed by atoms with van der Waals surface area (Å²) >= 11 is 0. The number of hydrogen-bond acceptors (Lipinski definition) is 3. The molecule has 3 N–H and O–H groups in total. The quantitative estimate of drug-likeness (QED) is 0.307. The van der Waals surface area contributed by atoms with Gasteiger partial charge in [-0.1, -0.05) is 37.1 Å². The maximum absolute atomic E-state index is 11.6. The molecule has 1 aliphatic carbocycles. The second-order valence-corrected chi connectivity index (χ2v) is 8.15. The fourth-order valence-corrected chi connectivity index (χ4v) is 3.79. The van der Waals surface area contributed by atoms with Gasteiger partial charge in [-0.15, -0.1) is 0 Å². The maximum Gasteiger partial charge on any atom is 0.220 e. The zero-order chi connectivity index (χ0) is 19.9. The predicted molar refractivity (Wildman–Crippen MR) is 112 cm³/mol. The first-order valence-electron chi connectivity index (χ1n) is 10.9. The van der Waals surface area contributed by atoms with Crippen molar-refractivity contribution in [3.8, 4) is 0 Å². The molecular formula is C23H41NO3. The first-order valence-corrected chi connectivity index (χ1v) is 10.9. The molecular weight excluding hydrogens is 338 g/mol. The molecule has 1 fully saturated rings. The maximum atomic E-state index is 11.6. The third-order valence-corrected chi connectivity index (χ3v) is 5.30. The van der Waals surface area contributed by atoms with Crippen LogP contribution in [-0.2, 0) is 4.79 Å². The molecule has 156 valence electrons. The van der Waals surface area contributed by atoms with Crippen molar-refractivity contribution in [1.29, 1.82) is 0 Å². The van der Waals surface area contributed by atoms with Crippen LogP contribution >= 0.6 is 0 Å². The van der Waals surface area contributed by atoms with Gasteiger partial charge in [0.15, 0.2) is 0 Å². The van der Waals surface area contributed by atoms with E-state index >= 15 is 0 Å². The molecule has 0 saturated heterocycles. The van der Waals surface area contributed by atoms with Crippen molar-refractivity contribution >= 4 is 5.91 Å². The number of allylic oxidation sites excluding steroid dienone is 4. The Labute approximate surface area is 166 Å². The Bertz CT molecular complexity index is 445. The summed E-state index contributed by atoms with van der Waals surface area (Å²) in [7, 11) is 0. The molecule has 4 heteroatoms. The number of unbranched alkanes of at least 4 members (excludes halogenated alkanes) is 5. The average Bonchev–Trinajstić information content (AvgIpc) is 2.96. The van der Waals surface area contributed by atoms with Gasteiger partial charge in [0.2, 0.25) is 5.91 Å². The zero-order valence-electron chi connectivity index (χ0n) is 17.4. The summed E-state index contributed by atoms with van der Waals surface area (Å²) in [5, 5.41) is 22.0. The minimum absolute atomic E-state index is 0.131. The van der Waals surface area contributed by atoms with Gasteiger partial charge in [0.05, 0.1) is 6.10 Å². The standard InChI is InChI=1S/C23H41NO3/c1-19(2)24-23(27)15-11-7-6-10-14-21-20(16-17-22(21)26)13-9-5-3-4-8-12-18-25/h6,9-10,13,19-22,25-26H,3-5,7-8,11-12,14-18H2,1-2H3,(H,24,27)/t20-,21-,22-/m1/s1. The molecule has 0 radical (unpaired) electrons. The van der Waals surface area contributed by atoms with Crippen LogP contribution in [0.4, 0.5) is 0 Å². The summed E-state index contributed by atoms with van der Waals surface area (Å²) in [5.74, 6) is 0.946. The van der Waals surface area contributed by atoms with Gasteiger partial charge in [-0.3, -0.25) is 4.79 Å². The van der Waals surface area contributed by atoms with Crippen molar-refractivity contribution in [3.63, 3.8) is 0 Å². The first-order chi connectivity index (χ1) is 13.0. The Hall–Kier alpha value is -1.13. The Kier molecular flexibility index (Phi) is 13.2. The number of rotatable bonds is 14. The molecule has 1 rings (SSSR count). The van der Waals surface area contributed by atoms with E-state index in [1.807, 2.05) is 13.8 Å². The monoisotopic (exact) mass is 379 g/mol. The summed E-state index contributed by atoms with van der Waals surface area (Å²) < 4.78 is 0. The van der Waals surface area contributed by atoms with Crippen molar-refractivity contribution in [2.45, 2.75) is 96.6 Å². The highest BCUT2D eigenvalue weighted by molar-refractivity contribution is 5.76. The summed E-state index contributed by atoms with van der Waals surface area (Å²) in [6.45, 7) is 4.26. The van der Waals surface area contributed by atoms with Crippen molar-refractivity contribution in [2.24, 2.45) is 11.8 Å². The van der Waals surface area contributed by atoms with Crippen LogP contribution in [0.5, 0.6) is 0 Å². The lowest BCUT2D eigenvalue weighted by molar-refractivity contribution is -0.121. The molecule has 0 bridgehead atoms. The summed E-state index contributed by atoms with van der Waals surface area (Å²) in [6.07, 6.45) is 19.5. The number of nitrogens with one attached hydrogen (secondary N) is 1. The van der Waals surface area contributed by atoms with E-state index in [4.69, 9.17) is 5.11 Å². The van der Waals surface area contributed by atoms with Crippen LogP contribution in [0, 0.1) is 11.8 Å². The molecule has 1 saturated carbocycles. The molecule has 1 amide bonds. The predicted octanol–water partition coefficient (Wildman–Crippen LogP) is 4.51. The van der Waals surface area contributed by atoms with Crippen LogP contribution in [0.25, 0.3) is 0 Å². The van der Waals surface area contributed by atoms with Crippen LogP contribution in [0.1, 0.15) is 84.5 Å². The van der Waals surface area contributed by atoms with Crippen molar-refractivity contribution in [3.05, 3.63) is 24.3 Å². The van der Waals surface area contributed by atoms with E-state index in [1.54, 1.807) is 0 Å². The number of amides is 1. The van der Waals surface area contributed by atoms with Crippen LogP contribution in [-0.4, -0.2) is 34.9 Å². The lowest BCUT2D eigenvalue weighted by atomic mass is 9.90. The molecule has 0 aliphatic heterocycles. The Morgan fingerprint density at radius 1 is 1.04 bits per heavy atom. The van der Waals surface area contributed by atoms with E-state index in [0.29, 0.717) is 24.9 Å². The minimum atomic E-state index is -0.189. The third-order valence-electron chi connectivity index (χ3n) is 5.30. The first kappa shape index (κ1) is 23.9. The van der Waals surface area contributed by atoms with Gasteiger partial charge in [0.1, 0.15) is 0 Å². The highest BCUT2D eigenvalue weighted by atomic mass is 16.3. The molecule has 0 heterocycles. The SMILES string of the molecule is CC(C)NC(=O)CCCC=CC[C@H]1[C@H](O)CC[C@H]1C=CCCCCCCO. The zero-order valence-corrected chi connectivity index (χ0v) is 17.4. The van der Waals surface area contributed by atoms with Crippen LogP contribution in [0.3, 0.4) is 0 Å². The molecule has 0 unspecified atom stereocenters. The number of carbonyl (C=O) groups excluding carboxylic acids is 1. The minimum Gasteiger partial charge on any atom is -0.396 e. The van der Waals surface area contributed by atoms with Gasteiger partial charge in [-0.2, -0.15) is 0 Å². The van der Waals surface area contributed by atoms with Gasteiger partial charge in [0.25, 0.3) is 0 Å². The molecule has 0 aromatic heterocycles. The normalized spacial score (nSPS) is 23.1. The molecule has 0 spiro atoms. The van der Waals surface area contributed by atoms with Crippen molar-refractivity contribution in [2.75, 3.05) is 6.61 Å².